The SMILES string of the molecule is Cc1cn2c(C=O)c(-c3ccc4c(c3)N(C)C(=O)CO4)nc2s1. The molecule has 1 amide bonds. The fourth-order valence-electron chi connectivity index (χ4n) is 2.72. The van der Waals surface area contributed by atoms with Crippen molar-refractivity contribution >= 4 is 34.2 Å². The molecule has 4 rings (SSSR count). The van der Waals surface area contributed by atoms with E-state index in [1.165, 1.54) is 11.3 Å². The molecule has 0 spiro atoms. The highest BCUT2D eigenvalue weighted by Crippen LogP contribution is 2.36. The Morgan fingerprint density at radius 3 is 3.00 bits per heavy atom. The van der Waals surface area contributed by atoms with Crippen LogP contribution < -0.4 is 9.64 Å². The maximum absolute atomic E-state index is 11.8. The first-order valence-corrected chi connectivity index (χ1v) is 7.87. The van der Waals surface area contributed by atoms with Gasteiger partial charge in [0.1, 0.15) is 17.1 Å². The molecule has 0 atom stereocenters. The number of fused-ring (bicyclic) bond motifs is 2. The number of imidazole rings is 1. The summed E-state index contributed by atoms with van der Waals surface area (Å²) < 4.78 is 7.23. The lowest BCUT2D eigenvalue weighted by molar-refractivity contribution is -0.120. The summed E-state index contributed by atoms with van der Waals surface area (Å²) in [4.78, 5) is 31.3. The van der Waals surface area contributed by atoms with Gasteiger partial charge in [-0.2, -0.15) is 0 Å². The largest absolute Gasteiger partial charge is 0.482 e. The number of rotatable bonds is 2. The van der Waals surface area contributed by atoms with Gasteiger partial charge in [0, 0.05) is 23.7 Å². The summed E-state index contributed by atoms with van der Waals surface area (Å²) in [6.45, 7) is 2.02. The zero-order valence-electron chi connectivity index (χ0n) is 12.6. The third-order valence-electron chi connectivity index (χ3n) is 3.91. The lowest BCUT2D eigenvalue weighted by Gasteiger charge is -2.26. The van der Waals surface area contributed by atoms with E-state index in [4.69, 9.17) is 4.74 Å². The first-order chi connectivity index (χ1) is 11.1. The highest BCUT2D eigenvalue weighted by molar-refractivity contribution is 7.17. The molecule has 1 aliphatic rings. The van der Waals surface area contributed by atoms with Crippen molar-refractivity contribution in [3.05, 3.63) is 35.0 Å². The Hall–Kier alpha value is -2.67. The Balaban J connectivity index is 1.90. The van der Waals surface area contributed by atoms with Crippen molar-refractivity contribution in [3.8, 4) is 17.0 Å². The molecule has 6 nitrogen and oxygen atoms in total. The van der Waals surface area contributed by atoms with Crippen LogP contribution in [0.25, 0.3) is 16.2 Å². The number of thiazole rings is 1. The molecule has 2 aromatic heterocycles. The normalized spacial score (nSPS) is 14.0. The quantitative estimate of drug-likeness (QED) is 0.679. The van der Waals surface area contributed by atoms with Crippen molar-refractivity contribution in [2.75, 3.05) is 18.6 Å². The Morgan fingerprint density at radius 1 is 1.39 bits per heavy atom. The van der Waals surface area contributed by atoms with E-state index in [-0.39, 0.29) is 12.5 Å². The van der Waals surface area contributed by atoms with Gasteiger partial charge in [0.25, 0.3) is 5.91 Å². The highest BCUT2D eigenvalue weighted by atomic mass is 32.1. The summed E-state index contributed by atoms with van der Waals surface area (Å²) in [6.07, 6.45) is 2.71. The number of anilines is 1. The molecular formula is C16H13N3O3S. The second-order valence-corrected chi connectivity index (χ2v) is 6.60. The maximum atomic E-state index is 11.8. The minimum Gasteiger partial charge on any atom is -0.482 e. The van der Waals surface area contributed by atoms with Crippen LogP contribution in [0.4, 0.5) is 5.69 Å². The number of aromatic nitrogens is 2. The van der Waals surface area contributed by atoms with E-state index in [2.05, 4.69) is 4.98 Å². The summed E-state index contributed by atoms with van der Waals surface area (Å²) in [5.74, 6) is 0.548. The molecule has 0 saturated carbocycles. The Labute approximate surface area is 135 Å². The van der Waals surface area contributed by atoms with Crippen LogP contribution in [0.15, 0.2) is 24.4 Å². The smallest absolute Gasteiger partial charge is 0.264 e. The van der Waals surface area contributed by atoms with E-state index in [1.807, 2.05) is 25.3 Å². The number of benzene rings is 1. The molecule has 1 aliphatic heterocycles. The minimum atomic E-state index is -0.105. The van der Waals surface area contributed by atoms with Gasteiger partial charge in [0.05, 0.1) is 5.69 Å². The molecule has 1 aromatic carbocycles. The fraction of sp³-hybridized carbons (Fsp3) is 0.188. The average molecular weight is 327 g/mol. The first-order valence-electron chi connectivity index (χ1n) is 7.06. The van der Waals surface area contributed by atoms with Gasteiger partial charge in [0.2, 0.25) is 0 Å². The molecule has 0 fully saturated rings. The van der Waals surface area contributed by atoms with Crippen LogP contribution in [0.3, 0.4) is 0 Å². The number of aldehydes is 1. The number of hydrogen-bond donors (Lipinski definition) is 0. The molecule has 116 valence electrons. The highest BCUT2D eigenvalue weighted by Gasteiger charge is 2.24. The molecule has 0 saturated heterocycles. The van der Waals surface area contributed by atoms with Crippen LogP contribution in [0.2, 0.25) is 0 Å². The first kappa shape index (κ1) is 14.0. The molecule has 0 radical (unpaired) electrons. The van der Waals surface area contributed by atoms with Crippen LogP contribution in [-0.4, -0.2) is 35.2 Å². The molecule has 3 heterocycles. The molecule has 0 N–H and O–H groups in total. The summed E-state index contributed by atoms with van der Waals surface area (Å²) in [5, 5.41) is 0. The molecular weight excluding hydrogens is 314 g/mol. The van der Waals surface area contributed by atoms with Crippen molar-refractivity contribution in [3.63, 3.8) is 0 Å². The van der Waals surface area contributed by atoms with Gasteiger partial charge in [-0.3, -0.25) is 14.0 Å². The third kappa shape index (κ3) is 2.04. The van der Waals surface area contributed by atoms with Crippen LogP contribution in [-0.2, 0) is 4.79 Å². The van der Waals surface area contributed by atoms with Crippen molar-refractivity contribution < 1.29 is 14.3 Å². The summed E-state index contributed by atoms with van der Waals surface area (Å²) in [5.41, 5.74) is 2.59. The van der Waals surface area contributed by atoms with E-state index in [0.717, 1.165) is 21.7 Å². The monoisotopic (exact) mass is 327 g/mol. The van der Waals surface area contributed by atoms with Crippen molar-refractivity contribution in [1.82, 2.24) is 9.38 Å². The van der Waals surface area contributed by atoms with E-state index in [1.54, 1.807) is 22.4 Å². The van der Waals surface area contributed by atoms with Gasteiger partial charge in [-0.15, -0.1) is 11.3 Å². The van der Waals surface area contributed by atoms with Gasteiger partial charge in [0.15, 0.2) is 17.9 Å². The molecule has 7 heteroatoms. The Morgan fingerprint density at radius 2 is 2.22 bits per heavy atom. The van der Waals surface area contributed by atoms with Crippen LogP contribution in [0.5, 0.6) is 5.75 Å². The van der Waals surface area contributed by atoms with Crippen molar-refractivity contribution in [1.29, 1.82) is 0 Å². The number of likely N-dealkylation sites (N-methyl/N-ethyl adjacent to an activating group) is 1. The van der Waals surface area contributed by atoms with E-state index in [9.17, 15) is 9.59 Å². The topological polar surface area (TPSA) is 63.9 Å². The van der Waals surface area contributed by atoms with Crippen LogP contribution in [0.1, 0.15) is 15.4 Å². The minimum absolute atomic E-state index is 0.0436. The molecule has 0 unspecified atom stereocenters. The molecule has 0 aliphatic carbocycles. The van der Waals surface area contributed by atoms with Crippen LogP contribution in [0, 0.1) is 6.92 Å². The fourth-order valence-corrected chi connectivity index (χ4v) is 3.55. The zero-order chi connectivity index (χ0) is 16.1. The number of carbonyl (C=O) groups excluding carboxylic acids is 2. The standard InChI is InChI=1S/C16H13N3O3S/c1-9-6-19-12(7-20)15(17-16(19)23-9)10-3-4-13-11(5-10)18(2)14(21)8-22-13/h3-7H,8H2,1-2H3. The molecule has 0 bridgehead atoms. The van der Waals surface area contributed by atoms with Gasteiger partial charge in [-0.1, -0.05) is 0 Å². The Kier molecular flexibility index (Phi) is 2.99. The summed E-state index contributed by atoms with van der Waals surface area (Å²) in [6, 6.07) is 5.49. The number of nitrogens with zero attached hydrogens (tertiary/aromatic N) is 3. The zero-order valence-corrected chi connectivity index (χ0v) is 13.4. The third-order valence-corrected chi connectivity index (χ3v) is 4.81. The van der Waals surface area contributed by atoms with E-state index < -0.39 is 0 Å². The number of carbonyl (C=O) groups is 2. The van der Waals surface area contributed by atoms with E-state index in [0.29, 0.717) is 22.8 Å². The second kappa shape index (κ2) is 4.92. The Bertz CT molecular complexity index is 957. The van der Waals surface area contributed by atoms with Crippen LogP contribution >= 0.6 is 11.3 Å². The molecule has 23 heavy (non-hydrogen) atoms. The van der Waals surface area contributed by atoms with Gasteiger partial charge in [-0.25, -0.2) is 4.98 Å². The lowest BCUT2D eigenvalue weighted by Crippen LogP contribution is -2.35. The number of amides is 1. The summed E-state index contributed by atoms with van der Waals surface area (Å²) in [7, 11) is 1.71. The number of ether oxygens (including phenoxy) is 1. The van der Waals surface area contributed by atoms with E-state index >= 15 is 0 Å². The lowest BCUT2D eigenvalue weighted by atomic mass is 10.1. The van der Waals surface area contributed by atoms with Crippen molar-refractivity contribution in [2.24, 2.45) is 0 Å². The number of aryl methyl sites for hydroxylation is 1. The average Bonchev–Trinajstić information content (AvgIpc) is 3.06. The second-order valence-electron chi connectivity index (χ2n) is 5.38. The van der Waals surface area contributed by atoms with Gasteiger partial charge in [-0.05, 0) is 25.1 Å². The summed E-state index contributed by atoms with van der Waals surface area (Å²) >= 11 is 1.53. The van der Waals surface area contributed by atoms with Gasteiger partial charge < -0.3 is 9.64 Å². The van der Waals surface area contributed by atoms with Crippen molar-refractivity contribution in [2.45, 2.75) is 6.92 Å². The number of hydrogen-bond acceptors (Lipinski definition) is 5. The predicted octanol–water partition coefficient (Wildman–Crippen LogP) is 2.54. The predicted molar refractivity (Wildman–Crippen MR) is 87.5 cm³/mol. The maximum Gasteiger partial charge on any atom is 0.264 e. The molecule has 3 aromatic rings. The van der Waals surface area contributed by atoms with Gasteiger partial charge >= 0.3 is 0 Å².